The summed E-state index contributed by atoms with van der Waals surface area (Å²) in [6, 6.07) is 0. The number of alkyl halides is 1. The molecule has 0 bridgehead atoms. The van der Waals surface area contributed by atoms with Crippen LogP contribution in [0.4, 0.5) is 0 Å². The van der Waals surface area contributed by atoms with E-state index in [-0.39, 0.29) is 6.29 Å². The predicted molar refractivity (Wildman–Crippen MR) is 86.4 cm³/mol. The summed E-state index contributed by atoms with van der Waals surface area (Å²) in [5.74, 6) is 0. The van der Waals surface area contributed by atoms with Crippen LogP contribution in [0.3, 0.4) is 0 Å². The summed E-state index contributed by atoms with van der Waals surface area (Å²) in [6.45, 7) is 3.92. The Hall–Kier alpha value is 0.210. The summed E-state index contributed by atoms with van der Waals surface area (Å²) in [7, 11) is 0. The van der Waals surface area contributed by atoms with Gasteiger partial charge in [0.2, 0.25) is 0 Å². The van der Waals surface area contributed by atoms with Gasteiger partial charge in [-0.15, -0.1) is 11.6 Å². The highest BCUT2D eigenvalue weighted by atomic mass is 35.5. The molecule has 0 saturated carbocycles. The first-order chi connectivity index (χ1) is 9.83. The van der Waals surface area contributed by atoms with Gasteiger partial charge in [-0.2, -0.15) is 0 Å². The summed E-state index contributed by atoms with van der Waals surface area (Å²) >= 11 is 6.10. The Bertz CT molecular complexity index is 205. The fraction of sp³-hybridized carbons (Fsp3) is 1.00. The lowest BCUT2D eigenvalue weighted by Crippen LogP contribution is -2.22. The zero-order valence-electron chi connectivity index (χ0n) is 13.2. The molecule has 0 aromatic heterocycles. The van der Waals surface area contributed by atoms with Gasteiger partial charge >= 0.3 is 0 Å². The molecule has 20 heavy (non-hydrogen) atoms. The molecule has 0 N–H and O–H groups in total. The second-order valence-electron chi connectivity index (χ2n) is 5.94. The van der Waals surface area contributed by atoms with Crippen molar-refractivity contribution in [1.82, 2.24) is 0 Å². The Morgan fingerprint density at radius 1 is 1.05 bits per heavy atom. The fourth-order valence-electron chi connectivity index (χ4n) is 2.61. The molecule has 1 fully saturated rings. The molecule has 0 spiro atoms. The Morgan fingerprint density at radius 2 is 1.75 bits per heavy atom. The second kappa shape index (κ2) is 12.9. The van der Waals surface area contributed by atoms with E-state index in [2.05, 4.69) is 6.92 Å². The Kier molecular flexibility index (Phi) is 11.8. The molecule has 2 nitrogen and oxygen atoms in total. The number of hydrogen-bond donors (Lipinski definition) is 0. The third kappa shape index (κ3) is 10.0. The lowest BCUT2D eigenvalue weighted by molar-refractivity contribution is -0.162. The second-order valence-corrected chi connectivity index (χ2v) is 6.55. The first-order valence-corrected chi connectivity index (χ1v) is 9.14. The van der Waals surface area contributed by atoms with E-state index in [4.69, 9.17) is 21.1 Å². The van der Waals surface area contributed by atoms with E-state index in [9.17, 15) is 0 Å². The fourth-order valence-corrected chi connectivity index (χ4v) is 2.77. The summed E-state index contributed by atoms with van der Waals surface area (Å²) in [5, 5.41) is 0.397. The number of ether oxygens (including phenoxy) is 2. The van der Waals surface area contributed by atoms with Crippen molar-refractivity contribution in [2.75, 3.05) is 13.2 Å². The van der Waals surface area contributed by atoms with Crippen molar-refractivity contribution in [3.05, 3.63) is 0 Å². The van der Waals surface area contributed by atoms with Gasteiger partial charge in [0.15, 0.2) is 6.29 Å². The highest BCUT2D eigenvalue weighted by molar-refractivity contribution is 6.20. The molecule has 0 aromatic carbocycles. The van der Waals surface area contributed by atoms with Crippen LogP contribution in [-0.2, 0) is 9.47 Å². The van der Waals surface area contributed by atoms with Crippen LogP contribution < -0.4 is 0 Å². The number of hydrogen-bond acceptors (Lipinski definition) is 2. The topological polar surface area (TPSA) is 18.5 Å². The van der Waals surface area contributed by atoms with E-state index < -0.39 is 0 Å². The summed E-state index contributed by atoms with van der Waals surface area (Å²) in [4.78, 5) is 0. The quantitative estimate of drug-likeness (QED) is 0.342. The molecular formula is C17H33ClO2. The number of rotatable bonds is 12. The van der Waals surface area contributed by atoms with E-state index in [1.54, 1.807) is 0 Å². The molecule has 0 aliphatic carbocycles. The van der Waals surface area contributed by atoms with E-state index >= 15 is 0 Å². The maximum atomic E-state index is 6.10. The molecule has 1 aliphatic heterocycles. The van der Waals surface area contributed by atoms with E-state index in [1.165, 1.54) is 64.2 Å². The van der Waals surface area contributed by atoms with Gasteiger partial charge in [-0.25, -0.2) is 0 Å². The van der Waals surface area contributed by atoms with Crippen molar-refractivity contribution < 1.29 is 9.47 Å². The molecule has 1 heterocycles. The van der Waals surface area contributed by atoms with Crippen LogP contribution in [0.5, 0.6) is 0 Å². The van der Waals surface area contributed by atoms with Crippen molar-refractivity contribution in [3.63, 3.8) is 0 Å². The van der Waals surface area contributed by atoms with E-state index in [0.717, 1.165) is 26.1 Å². The van der Waals surface area contributed by atoms with Gasteiger partial charge in [0.25, 0.3) is 0 Å². The largest absolute Gasteiger partial charge is 0.353 e. The van der Waals surface area contributed by atoms with Gasteiger partial charge in [-0.05, 0) is 38.5 Å². The zero-order valence-corrected chi connectivity index (χ0v) is 14.0. The summed E-state index contributed by atoms with van der Waals surface area (Å²) in [6.07, 6.45) is 15.1. The SMILES string of the molecule is CCC(Cl)CCCCCCCCCOC1CCCCO1. The molecule has 1 rings (SSSR count). The van der Waals surface area contributed by atoms with Crippen molar-refractivity contribution in [2.24, 2.45) is 0 Å². The number of unbranched alkanes of at least 4 members (excludes halogenated alkanes) is 6. The zero-order chi connectivity index (χ0) is 14.5. The molecule has 120 valence electrons. The van der Waals surface area contributed by atoms with Crippen molar-refractivity contribution >= 4 is 11.6 Å². The van der Waals surface area contributed by atoms with Gasteiger partial charge in [-0.3, -0.25) is 0 Å². The van der Waals surface area contributed by atoms with Gasteiger partial charge in [0.05, 0.1) is 0 Å². The minimum absolute atomic E-state index is 0.0887. The van der Waals surface area contributed by atoms with E-state index in [0.29, 0.717) is 5.38 Å². The highest BCUT2D eigenvalue weighted by Crippen LogP contribution is 2.16. The summed E-state index contributed by atoms with van der Waals surface area (Å²) in [5.41, 5.74) is 0. The molecule has 2 unspecified atom stereocenters. The Labute approximate surface area is 130 Å². The molecule has 0 radical (unpaired) electrons. The summed E-state index contributed by atoms with van der Waals surface area (Å²) < 4.78 is 11.3. The molecule has 0 aromatic rings. The minimum Gasteiger partial charge on any atom is -0.353 e. The smallest absolute Gasteiger partial charge is 0.157 e. The molecule has 3 heteroatoms. The predicted octanol–water partition coefficient (Wildman–Crippen LogP) is 5.67. The van der Waals surface area contributed by atoms with Crippen LogP contribution in [0.1, 0.15) is 84.0 Å². The molecule has 0 amide bonds. The van der Waals surface area contributed by atoms with Gasteiger partial charge in [0, 0.05) is 18.6 Å². The maximum absolute atomic E-state index is 6.10. The average molecular weight is 305 g/mol. The van der Waals surface area contributed by atoms with Crippen LogP contribution in [-0.4, -0.2) is 24.9 Å². The Morgan fingerprint density at radius 3 is 2.40 bits per heavy atom. The third-order valence-corrected chi connectivity index (χ3v) is 4.57. The monoisotopic (exact) mass is 304 g/mol. The van der Waals surface area contributed by atoms with Crippen molar-refractivity contribution in [1.29, 1.82) is 0 Å². The first-order valence-electron chi connectivity index (χ1n) is 8.70. The lowest BCUT2D eigenvalue weighted by atomic mass is 10.1. The maximum Gasteiger partial charge on any atom is 0.157 e. The molecule has 2 atom stereocenters. The molecular weight excluding hydrogens is 272 g/mol. The van der Waals surface area contributed by atoms with Crippen LogP contribution in [0.25, 0.3) is 0 Å². The Balaban J connectivity index is 1.74. The van der Waals surface area contributed by atoms with E-state index in [1.807, 2.05) is 0 Å². The first kappa shape index (κ1) is 18.3. The standard InChI is InChI=1S/C17H33ClO2/c1-2-16(18)12-8-6-4-3-5-7-10-14-19-17-13-9-11-15-20-17/h16-17H,2-15H2,1H3. The van der Waals surface area contributed by atoms with Crippen LogP contribution in [0.2, 0.25) is 0 Å². The minimum atomic E-state index is 0.0887. The molecule has 1 aliphatic rings. The van der Waals surface area contributed by atoms with Gasteiger partial charge in [0.1, 0.15) is 0 Å². The van der Waals surface area contributed by atoms with Gasteiger partial charge < -0.3 is 9.47 Å². The van der Waals surface area contributed by atoms with Gasteiger partial charge in [-0.1, -0.05) is 45.4 Å². The van der Waals surface area contributed by atoms with Crippen LogP contribution in [0.15, 0.2) is 0 Å². The van der Waals surface area contributed by atoms with Crippen molar-refractivity contribution in [3.8, 4) is 0 Å². The number of halogens is 1. The van der Waals surface area contributed by atoms with Crippen LogP contribution >= 0.6 is 11.6 Å². The van der Waals surface area contributed by atoms with Crippen molar-refractivity contribution in [2.45, 2.75) is 95.6 Å². The highest BCUT2D eigenvalue weighted by Gasteiger charge is 2.13. The lowest BCUT2D eigenvalue weighted by Gasteiger charge is -2.22. The van der Waals surface area contributed by atoms with Crippen LogP contribution in [0, 0.1) is 0 Å². The molecule has 1 saturated heterocycles. The normalized spacial score (nSPS) is 21.0. The average Bonchev–Trinajstić information content (AvgIpc) is 2.50. The third-order valence-electron chi connectivity index (χ3n) is 4.05.